The predicted octanol–water partition coefficient (Wildman–Crippen LogP) is 3.62. The number of rotatable bonds is 7. The van der Waals surface area contributed by atoms with Gasteiger partial charge in [-0.2, -0.15) is 0 Å². The van der Waals surface area contributed by atoms with Crippen LogP contribution in [0.25, 0.3) is 0 Å². The number of benzene rings is 1. The SMILES string of the molecule is CCCCCNc1ccc(C(=O)N2C[C@H]3C[C@@H](C2)c2cccc(=O)n2C3)cc1[N+](=O)[O-]. The molecule has 164 valence electrons. The summed E-state index contributed by atoms with van der Waals surface area (Å²) in [5.74, 6) is 0.131. The lowest BCUT2D eigenvalue weighted by Gasteiger charge is -2.42. The number of nitro groups is 1. The van der Waals surface area contributed by atoms with Crippen LogP contribution in [0, 0.1) is 16.0 Å². The van der Waals surface area contributed by atoms with E-state index in [1.165, 1.54) is 6.07 Å². The topological polar surface area (TPSA) is 97.5 Å². The Morgan fingerprint density at radius 1 is 1.19 bits per heavy atom. The van der Waals surface area contributed by atoms with Gasteiger partial charge in [0.1, 0.15) is 5.69 Å². The molecule has 2 atom stereocenters. The van der Waals surface area contributed by atoms with Gasteiger partial charge in [0.25, 0.3) is 17.2 Å². The van der Waals surface area contributed by atoms with Crippen LogP contribution in [-0.2, 0) is 6.54 Å². The van der Waals surface area contributed by atoms with Crippen molar-refractivity contribution in [3.63, 3.8) is 0 Å². The first kappa shape index (κ1) is 21.1. The molecule has 0 saturated carbocycles. The molecule has 4 rings (SSSR count). The van der Waals surface area contributed by atoms with Crippen molar-refractivity contribution < 1.29 is 9.72 Å². The second-order valence-electron chi connectivity index (χ2n) is 8.53. The molecule has 0 spiro atoms. The molecular formula is C23H28N4O4. The number of likely N-dealkylation sites (tertiary alicyclic amines) is 1. The Bertz CT molecular complexity index is 1050. The third-order valence-electron chi connectivity index (χ3n) is 6.30. The molecule has 2 aliphatic heterocycles. The van der Waals surface area contributed by atoms with Crippen molar-refractivity contribution in [2.45, 2.75) is 45.1 Å². The van der Waals surface area contributed by atoms with Crippen molar-refractivity contribution in [1.82, 2.24) is 9.47 Å². The van der Waals surface area contributed by atoms with Crippen LogP contribution in [-0.4, -0.2) is 39.9 Å². The van der Waals surface area contributed by atoms with Gasteiger partial charge < -0.3 is 14.8 Å². The molecule has 1 aromatic carbocycles. The third-order valence-corrected chi connectivity index (χ3v) is 6.30. The van der Waals surface area contributed by atoms with Crippen molar-refractivity contribution in [3.05, 3.63) is 68.1 Å². The van der Waals surface area contributed by atoms with Gasteiger partial charge >= 0.3 is 0 Å². The van der Waals surface area contributed by atoms with Crippen LogP contribution in [0.5, 0.6) is 0 Å². The number of nitrogens with one attached hydrogen (secondary N) is 1. The zero-order chi connectivity index (χ0) is 22.0. The smallest absolute Gasteiger partial charge is 0.293 e. The maximum absolute atomic E-state index is 13.2. The number of carbonyl (C=O) groups is 1. The van der Waals surface area contributed by atoms with Crippen molar-refractivity contribution in [2.75, 3.05) is 25.0 Å². The highest BCUT2D eigenvalue weighted by Crippen LogP contribution is 2.36. The number of aromatic nitrogens is 1. The Kier molecular flexibility index (Phi) is 6.06. The molecule has 0 aliphatic carbocycles. The summed E-state index contributed by atoms with van der Waals surface area (Å²) in [4.78, 5) is 38.3. The molecule has 0 unspecified atom stereocenters. The molecule has 1 fully saturated rings. The summed E-state index contributed by atoms with van der Waals surface area (Å²) in [5, 5.41) is 14.7. The lowest BCUT2D eigenvalue weighted by Crippen LogP contribution is -2.49. The van der Waals surface area contributed by atoms with Gasteiger partial charge in [-0.1, -0.05) is 25.8 Å². The fraction of sp³-hybridized carbons (Fsp3) is 0.478. The highest BCUT2D eigenvalue weighted by atomic mass is 16.6. The van der Waals surface area contributed by atoms with Crippen LogP contribution in [0.1, 0.15) is 54.6 Å². The monoisotopic (exact) mass is 424 g/mol. The molecule has 2 aromatic rings. The lowest BCUT2D eigenvalue weighted by atomic mass is 9.83. The fourth-order valence-corrected chi connectivity index (χ4v) is 4.81. The van der Waals surface area contributed by atoms with E-state index in [0.717, 1.165) is 31.4 Å². The van der Waals surface area contributed by atoms with Crippen molar-refractivity contribution in [1.29, 1.82) is 0 Å². The largest absolute Gasteiger partial charge is 0.379 e. The molecule has 31 heavy (non-hydrogen) atoms. The van der Waals surface area contributed by atoms with Gasteiger partial charge in [0.15, 0.2) is 0 Å². The van der Waals surface area contributed by atoms with Crippen LogP contribution in [0.15, 0.2) is 41.2 Å². The van der Waals surface area contributed by atoms with E-state index < -0.39 is 4.92 Å². The molecule has 3 heterocycles. The Morgan fingerprint density at radius 2 is 2.03 bits per heavy atom. The maximum atomic E-state index is 13.2. The number of hydrogen-bond donors (Lipinski definition) is 1. The molecule has 1 aromatic heterocycles. The number of fused-ring (bicyclic) bond motifs is 4. The number of nitrogens with zero attached hydrogens (tertiary/aromatic N) is 3. The molecule has 0 radical (unpaired) electrons. The molecule has 2 aliphatic rings. The van der Waals surface area contributed by atoms with Crippen LogP contribution in [0.4, 0.5) is 11.4 Å². The van der Waals surface area contributed by atoms with E-state index in [1.54, 1.807) is 29.2 Å². The highest BCUT2D eigenvalue weighted by Gasteiger charge is 2.36. The summed E-state index contributed by atoms with van der Waals surface area (Å²) in [7, 11) is 0. The summed E-state index contributed by atoms with van der Waals surface area (Å²) in [6.07, 6.45) is 4.03. The molecular weight excluding hydrogens is 396 g/mol. The number of amides is 1. The quantitative estimate of drug-likeness (QED) is 0.416. The van der Waals surface area contributed by atoms with E-state index in [2.05, 4.69) is 12.2 Å². The van der Waals surface area contributed by atoms with E-state index in [4.69, 9.17) is 0 Å². The van der Waals surface area contributed by atoms with Crippen LogP contribution in [0.3, 0.4) is 0 Å². The first-order chi connectivity index (χ1) is 15.0. The number of anilines is 1. The lowest BCUT2D eigenvalue weighted by molar-refractivity contribution is -0.384. The second-order valence-corrected chi connectivity index (χ2v) is 8.53. The summed E-state index contributed by atoms with van der Waals surface area (Å²) in [5.41, 5.74) is 1.68. The van der Waals surface area contributed by atoms with E-state index in [9.17, 15) is 19.7 Å². The summed E-state index contributed by atoms with van der Waals surface area (Å²) < 4.78 is 1.82. The maximum Gasteiger partial charge on any atom is 0.293 e. The van der Waals surface area contributed by atoms with E-state index in [0.29, 0.717) is 37.4 Å². The van der Waals surface area contributed by atoms with Gasteiger partial charge in [0.2, 0.25) is 0 Å². The van der Waals surface area contributed by atoms with Gasteiger partial charge in [-0.15, -0.1) is 0 Å². The average Bonchev–Trinajstić information content (AvgIpc) is 2.77. The van der Waals surface area contributed by atoms with Crippen molar-refractivity contribution >= 4 is 17.3 Å². The Hall–Kier alpha value is -3.16. The number of pyridine rings is 1. The Labute approximate surface area is 181 Å². The number of hydrogen-bond acceptors (Lipinski definition) is 5. The van der Waals surface area contributed by atoms with E-state index in [1.807, 2.05) is 10.6 Å². The molecule has 8 nitrogen and oxygen atoms in total. The van der Waals surface area contributed by atoms with Gasteiger partial charge in [-0.25, -0.2) is 0 Å². The zero-order valence-electron chi connectivity index (χ0n) is 17.8. The first-order valence-electron chi connectivity index (χ1n) is 11.0. The third kappa shape index (κ3) is 4.33. The summed E-state index contributed by atoms with van der Waals surface area (Å²) in [6, 6.07) is 9.99. The van der Waals surface area contributed by atoms with Crippen molar-refractivity contribution in [3.8, 4) is 0 Å². The minimum atomic E-state index is -0.438. The minimum absolute atomic E-state index is 0.00428. The average molecular weight is 425 g/mol. The van der Waals surface area contributed by atoms with Gasteiger partial charge in [0.05, 0.1) is 4.92 Å². The van der Waals surface area contributed by atoms with E-state index >= 15 is 0 Å². The fourth-order valence-electron chi connectivity index (χ4n) is 4.81. The Balaban J connectivity index is 1.53. The first-order valence-corrected chi connectivity index (χ1v) is 11.0. The number of piperidine rings is 1. The standard InChI is InChI=1S/C23H28N4O4/c1-2-3-4-10-24-19-9-8-17(12-21(19)27(30)31)23(29)25-13-16-11-18(15-25)20-6-5-7-22(28)26(20)14-16/h5-9,12,16,18,24H,2-4,10-11,13-15H2,1H3/t16-,18+/m1/s1. The molecule has 1 N–H and O–H groups in total. The Morgan fingerprint density at radius 3 is 2.81 bits per heavy atom. The molecule has 1 saturated heterocycles. The highest BCUT2D eigenvalue weighted by molar-refractivity contribution is 5.96. The van der Waals surface area contributed by atoms with Gasteiger partial charge in [-0.3, -0.25) is 19.7 Å². The number of nitro benzene ring substituents is 1. The second kappa shape index (κ2) is 8.91. The van der Waals surface area contributed by atoms with Crippen LogP contribution >= 0.6 is 0 Å². The zero-order valence-corrected chi connectivity index (χ0v) is 17.8. The number of unbranched alkanes of at least 4 members (excludes halogenated alkanes) is 2. The predicted molar refractivity (Wildman–Crippen MR) is 119 cm³/mol. The van der Waals surface area contributed by atoms with Crippen molar-refractivity contribution in [2.24, 2.45) is 5.92 Å². The van der Waals surface area contributed by atoms with Crippen LogP contribution < -0.4 is 10.9 Å². The summed E-state index contributed by atoms with van der Waals surface area (Å²) >= 11 is 0. The minimum Gasteiger partial charge on any atom is -0.379 e. The summed E-state index contributed by atoms with van der Waals surface area (Å²) in [6.45, 7) is 4.45. The van der Waals surface area contributed by atoms with Gasteiger partial charge in [-0.05, 0) is 37.0 Å². The normalized spacial score (nSPS) is 19.6. The van der Waals surface area contributed by atoms with Crippen LogP contribution in [0.2, 0.25) is 0 Å². The number of carbonyl (C=O) groups excluding carboxylic acids is 1. The van der Waals surface area contributed by atoms with E-state index in [-0.39, 0.29) is 29.0 Å². The van der Waals surface area contributed by atoms with Gasteiger partial charge in [0, 0.05) is 55.5 Å². The molecule has 8 heteroatoms. The molecule has 1 amide bonds. The molecule has 2 bridgehead atoms.